The van der Waals surface area contributed by atoms with Gasteiger partial charge in [0.2, 0.25) is 5.91 Å². The average Bonchev–Trinajstić information content (AvgIpc) is 2.22. The summed E-state index contributed by atoms with van der Waals surface area (Å²) >= 11 is 0. The Hall–Kier alpha value is -1.42. The molecule has 0 aliphatic heterocycles. The predicted molar refractivity (Wildman–Crippen MR) is 65.3 cm³/mol. The second-order valence-corrected chi connectivity index (χ2v) is 4.19. The first kappa shape index (κ1) is 12.6. The molecule has 0 spiro atoms. The Labute approximate surface area is 96.5 Å². The summed E-state index contributed by atoms with van der Waals surface area (Å²) in [7, 11) is 1.79. The van der Waals surface area contributed by atoms with Crippen LogP contribution in [0.1, 0.15) is 19.5 Å². The van der Waals surface area contributed by atoms with Gasteiger partial charge in [0.25, 0.3) is 0 Å². The Morgan fingerprint density at radius 2 is 2.06 bits per heavy atom. The fourth-order valence-corrected chi connectivity index (χ4v) is 1.53. The SMILES string of the molecule is CNC(C(=O)Nc1ccc(C)nc1)C(C)C. The molecular formula is C12H19N3O. The van der Waals surface area contributed by atoms with E-state index in [2.05, 4.69) is 15.6 Å². The number of carbonyl (C=O) groups is 1. The minimum Gasteiger partial charge on any atom is -0.323 e. The molecule has 0 aromatic carbocycles. The Kier molecular flexibility index (Phi) is 4.43. The van der Waals surface area contributed by atoms with Crippen LogP contribution in [0.15, 0.2) is 18.3 Å². The van der Waals surface area contributed by atoms with Crippen LogP contribution in [0.5, 0.6) is 0 Å². The van der Waals surface area contributed by atoms with E-state index >= 15 is 0 Å². The second kappa shape index (κ2) is 5.61. The van der Waals surface area contributed by atoms with Crippen LogP contribution in [0.25, 0.3) is 0 Å². The normalized spacial score (nSPS) is 12.6. The van der Waals surface area contributed by atoms with Crippen molar-refractivity contribution in [3.8, 4) is 0 Å². The highest BCUT2D eigenvalue weighted by molar-refractivity contribution is 5.94. The number of rotatable bonds is 4. The molecule has 4 nitrogen and oxygen atoms in total. The molecular weight excluding hydrogens is 202 g/mol. The summed E-state index contributed by atoms with van der Waals surface area (Å²) < 4.78 is 0. The number of likely N-dealkylation sites (N-methyl/N-ethyl adjacent to an activating group) is 1. The quantitative estimate of drug-likeness (QED) is 0.811. The Morgan fingerprint density at radius 3 is 2.50 bits per heavy atom. The number of amides is 1. The van der Waals surface area contributed by atoms with Crippen LogP contribution in [-0.4, -0.2) is 24.0 Å². The molecule has 0 aliphatic carbocycles. The molecule has 0 bridgehead atoms. The van der Waals surface area contributed by atoms with Crippen molar-refractivity contribution in [2.24, 2.45) is 5.92 Å². The van der Waals surface area contributed by atoms with Gasteiger partial charge in [0.15, 0.2) is 0 Å². The van der Waals surface area contributed by atoms with Crippen molar-refractivity contribution in [3.05, 3.63) is 24.0 Å². The Bertz CT molecular complexity index is 346. The highest BCUT2D eigenvalue weighted by atomic mass is 16.2. The maximum absolute atomic E-state index is 11.9. The number of aryl methyl sites for hydroxylation is 1. The topological polar surface area (TPSA) is 54.0 Å². The molecule has 4 heteroatoms. The number of hydrogen-bond acceptors (Lipinski definition) is 3. The molecule has 88 valence electrons. The minimum atomic E-state index is -0.179. The van der Waals surface area contributed by atoms with E-state index in [9.17, 15) is 4.79 Å². The van der Waals surface area contributed by atoms with E-state index in [4.69, 9.17) is 0 Å². The van der Waals surface area contributed by atoms with Gasteiger partial charge in [-0.2, -0.15) is 0 Å². The number of pyridine rings is 1. The molecule has 0 radical (unpaired) electrons. The average molecular weight is 221 g/mol. The van der Waals surface area contributed by atoms with Crippen LogP contribution in [0.3, 0.4) is 0 Å². The van der Waals surface area contributed by atoms with Crippen molar-refractivity contribution >= 4 is 11.6 Å². The summed E-state index contributed by atoms with van der Waals surface area (Å²) in [5.41, 5.74) is 1.67. The smallest absolute Gasteiger partial charge is 0.241 e. The van der Waals surface area contributed by atoms with Crippen LogP contribution >= 0.6 is 0 Å². The van der Waals surface area contributed by atoms with Gasteiger partial charge >= 0.3 is 0 Å². The summed E-state index contributed by atoms with van der Waals surface area (Å²) in [5, 5.41) is 5.84. The van der Waals surface area contributed by atoms with Crippen LogP contribution in [0.4, 0.5) is 5.69 Å². The van der Waals surface area contributed by atoms with E-state index in [1.165, 1.54) is 0 Å². The van der Waals surface area contributed by atoms with Crippen LogP contribution in [0.2, 0.25) is 0 Å². The number of anilines is 1. The Balaban J connectivity index is 2.66. The van der Waals surface area contributed by atoms with E-state index in [-0.39, 0.29) is 17.9 Å². The lowest BCUT2D eigenvalue weighted by molar-refractivity contribution is -0.118. The van der Waals surface area contributed by atoms with Crippen molar-refractivity contribution in [1.82, 2.24) is 10.3 Å². The zero-order valence-electron chi connectivity index (χ0n) is 10.2. The molecule has 0 saturated heterocycles. The monoisotopic (exact) mass is 221 g/mol. The molecule has 1 atom stereocenters. The van der Waals surface area contributed by atoms with Gasteiger partial charge in [0.05, 0.1) is 17.9 Å². The van der Waals surface area contributed by atoms with Gasteiger partial charge in [-0.3, -0.25) is 9.78 Å². The molecule has 1 aromatic heterocycles. The van der Waals surface area contributed by atoms with E-state index in [1.807, 2.05) is 32.9 Å². The predicted octanol–water partition coefficient (Wildman–Crippen LogP) is 1.57. The molecule has 1 unspecified atom stereocenters. The summed E-state index contributed by atoms with van der Waals surface area (Å²) in [4.78, 5) is 16.0. The minimum absolute atomic E-state index is 0.0249. The first-order valence-corrected chi connectivity index (χ1v) is 5.45. The van der Waals surface area contributed by atoms with Crippen molar-refractivity contribution in [3.63, 3.8) is 0 Å². The molecule has 1 amide bonds. The molecule has 1 rings (SSSR count). The third-order valence-electron chi connectivity index (χ3n) is 2.44. The van der Waals surface area contributed by atoms with E-state index in [1.54, 1.807) is 13.2 Å². The summed E-state index contributed by atoms with van der Waals surface area (Å²) in [5.74, 6) is 0.228. The summed E-state index contributed by atoms with van der Waals surface area (Å²) in [6.07, 6.45) is 1.67. The molecule has 1 heterocycles. The molecule has 0 fully saturated rings. The molecule has 1 aromatic rings. The zero-order chi connectivity index (χ0) is 12.1. The second-order valence-electron chi connectivity index (χ2n) is 4.19. The van der Waals surface area contributed by atoms with E-state index in [0.717, 1.165) is 11.4 Å². The van der Waals surface area contributed by atoms with Gasteiger partial charge in [-0.25, -0.2) is 0 Å². The summed E-state index contributed by atoms with van der Waals surface area (Å²) in [6, 6.07) is 3.55. The van der Waals surface area contributed by atoms with E-state index < -0.39 is 0 Å². The first-order chi connectivity index (χ1) is 7.54. The molecule has 0 aliphatic rings. The summed E-state index contributed by atoms with van der Waals surface area (Å²) in [6.45, 7) is 5.93. The third kappa shape index (κ3) is 3.31. The van der Waals surface area contributed by atoms with Gasteiger partial charge in [-0.1, -0.05) is 13.8 Å². The number of aromatic nitrogens is 1. The molecule has 16 heavy (non-hydrogen) atoms. The highest BCUT2D eigenvalue weighted by Gasteiger charge is 2.19. The maximum atomic E-state index is 11.9. The van der Waals surface area contributed by atoms with Crippen molar-refractivity contribution in [1.29, 1.82) is 0 Å². The van der Waals surface area contributed by atoms with Gasteiger partial charge in [-0.05, 0) is 32.0 Å². The number of nitrogens with one attached hydrogen (secondary N) is 2. The van der Waals surface area contributed by atoms with Crippen LogP contribution in [0, 0.1) is 12.8 Å². The fourth-order valence-electron chi connectivity index (χ4n) is 1.53. The highest BCUT2D eigenvalue weighted by Crippen LogP contribution is 2.08. The zero-order valence-corrected chi connectivity index (χ0v) is 10.2. The van der Waals surface area contributed by atoms with Crippen molar-refractivity contribution < 1.29 is 4.79 Å². The maximum Gasteiger partial charge on any atom is 0.241 e. The van der Waals surface area contributed by atoms with Crippen molar-refractivity contribution in [2.45, 2.75) is 26.8 Å². The Morgan fingerprint density at radius 1 is 1.38 bits per heavy atom. The van der Waals surface area contributed by atoms with Crippen molar-refractivity contribution in [2.75, 3.05) is 12.4 Å². The van der Waals surface area contributed by atoms with Crippen LogP contribution in [-0.2, 0) is 4.79 Å². The van der Waals surface area contributed by atoms with E-state index in [0.29, 0.717) is 0 Å². The first-order valence-electron chi connectivity index (χ1n) is 5.45. The van der Waals surface area contributed by atoms with Crippen LogP contribution < -0.4 is 10.6 Å². The molecule has 2 N–H and O–H groups in total. The largest absolute Gasteiger partial charge is 0.323 e. The number of nitrogens with zero attached hydrogens (tertiary/aromatic N) is 1. The third-order valence-corrected chi connectivity index (χ3v) is 2.44. The van der Waals surface area contributed by atoms with Gasteiger partial charge in [0, 0.05) is 5.69 Å². The van der Waals surface area contributed by atoms with Gasteiger partial charge in [-0.15, -0.1) is 0 Å². The lowest BCUT2D eigenvalue weighted by Crippen LogP contribution is -2.42. The fraction of sp³-hybridized carbons (Fsp3) is 0.500. The molecule has 0 saturated carbocycles. The van der Waals surface area contributed by atoms with Gasteiger partial charge < -0.3 is 10.6 Å². The number of carbonyl (C=O) groups excluding carboxylic acids is 1. The lowest BCUT2D eigenvalue weighted by atomic mass is 10.0. The number of hydrogen-bond donors (Lipinski definition) is 2. The lowest BCUT2D eigenvalue weighted by Gasteiger charge is -2.19. The standard InChI is InChI=1S/C12H19N3O/c1-8(2)11(13-4)12(16)15-10-6-5-9(3)14-7-10/h5-8,11,13H,1-4H3,(H,15,16). The van der Waals surface area contributed by atoms with Gasteiger partial charge in [0.1, 0.15) is 0 Å².